The molecule has 0 aliphatic heterocycles. The standard InChI is InChI=1S/C12H9NO3/c14-10-7-6-9(12(15)16)13-11(10)8-4-2-1-3-5-8/h1-7,14H,(H,15,16). The average molecular weight is 215 g/mol. The molecule has 80 valence electrons. The number of benzene rings is 1. The van der Waals surface area contributed by atoms with Crippen LogP contribution in [0.15, 0.2) is 42.5 Å². The van der Waals surface area contributed by atoms with Crippen molar-refractivity contribution in [3.8, 4) is 17.0 Å². The van der Waals surface area contributed by atoms with Gasteiger partial charge in [0.15, 0.2) is 0 Å². The van der Waals surface area contributed by atoms with Gasteiger partial charge in [-0.05, 0) is 12.1 Å². The summed E-state index contributed by atoms with van der Waals surface area (Å²) in [5, 5.41) is 18.4. The Morgan fingerprint density at radius 1 is 1.06 bits per heavy atom. The summed E-state index contributed by atoms with van der Waals surface area (Å²) in [5.41, 5.74) is 0.875. The topological polar surface area (TPSA) is 70.4 Å². The second-order valence-electron chi connectivity index (χ2n) is 3.24. The summed E-state index contributed by atoms with van der Waals surface area (Å²) in [7, 11) is 0. The molecule has 1 aromatic carbocycles. The first kappa shape index (κ1) is 10.2. The molecule has 2 rings (SSSR count). The number of nitrogens with zero attached hydrogens (tertiary/aromatic N) is 1. The van der Waals surface area contributed by atoms with Gasteiger partial charge in [0.05, 0.1) is 0 Å². The fourth-order valence-corrected chi connectivity index (χ4v) is 1.38. The number of aromatic hydroxyl groups is 1. The van der Waals surface area contributed by atoms with E-state index in [9.17, 15) is 9.90 Å². The van der Waals surface area contributed by atoms with Crippen LogP contribution in [0.25, 0.3) is 11.3 Å². The fraction of sp³-hybridized carbons (Fsp3) is 0. The highest BCUT2D eigenvalue weighted by molar-refractivity contribution is 5.86. The van der Waals surface area contributed by atoms with Crippen LogP contribution in [0.5, 0.6) is 5.75 Å². The Morgan fingerprint density at radius 3 is 2.38 bits per heavy atom. The summed E-state index contributed by atoms with van der Waals surface area (Å²) < 4.78 is 0. The van der Waals surface area contributed by atoms with Crippen LogP contribution >= 0.6 is 0 Å². The predicted molar refractivity (Wildman–Crippen MR) is 58.3 cm³/mol. The third kappa shape index (κ3) is 1.86. The van der Waals surface area contributed by atoms with Gasteiger partial charge in [-0.1, -0.05) is 30.3 Å². The van der Waals surface area contributed by atoms with Crippen molar-refractivity contribution in [2.45, 2.75) is 0 Å². The van der Waals surface area contributed by atoms with Gasteiger partial charge in [0.2, 0.25) is 0 Å². The Bertz CT molecular complexity index is 523. The third-order valence-electron chi connectivity index (χ3n) is 2.14. The molecular formula is C12H9NO3. The first-order valence-corrected chi connectivity index (χ1v) is 4.67. The first-order chi connectivity index (χ1) is 7.68. The molecule has 2 N–H and O–H groups in total. The summed E-state index contributed by atoms with van der Waals surface area (Å²) in [5.74, 6) is -1.15. The Kier molecular flexibility index (Phi) is 2.55. The molecule has 0 aliphatic rings. The summed E-state index contributed by atoms with van der Waals surface area (Å²) in [6.45, 7) is 0. The average Bonchev–Trinajstić information content (AvgIpc) is 2.30. The molecule has 0 unspecified atom stereocenters. The lowest BCUT2D eigenvalue weighted by molar-refractivity contribution is 0.0690. The van der Waals surface area contributed by atoms with E-state index in [0.717, 1.165) is 0 Å². The van der Waals surface area contributed by atoms with E-state index in [1.54, 1.807) is 24.3 Å². The van der Waals surface area contributed by atoms with E-state index < -0.39 is 5.97 Å². The van der Waals surface area contributed by atoms with Crippen LogP contribution in [0.1, 0.15) is 10.5 Å². The minimum atomic E-state index is -1.11. The molecule has 0 atom stereocenters. The maximum atomic E-state index is 10.8. The number of carbonyl (C=O) groups is 1. The Labute approximate surface area is 91.8 Å². The Balaban J connectivity index is 2.56. The smallest absolute Gasteiger partial charge is 0.354 e. The summed E-state index contributed by atoms with van der Waals surface area (Å²) >= 11 is 0. The van der Waals surface area contributed by atoms with Crippen LogP contribution in [0, 0.1) is 0 Å². The van der Waals surface area contributed by atoms with Crippen LogP contribution in [-0.4, -0.2) is 21.2 Å². The molecule has 0 bridgehead atoms. The van der Waals surface area contributed by atoms with E-state index in [2.05, 4.69) is 4.98 Å². The molecule has 1 aromatic heterocycles. The predicted octanol–water partition coefficient (Wildman–Crippen LogP) is 2.15. The van der Waals surface area contributed by atoms with Crippen LogP contribution in [-0.2, 0) is 0 Å². The minimum Gasteiger partial charge on any atom is -0.506 e. The summed E-state index contributed by atoms with van der Waals surface area (Å²) in [6.07, 6.45) is 0. The van der Waals surface area contributed by atoms with Gasteiger partial charge in [-0.3, -0.25) is 0 Å². The molecule has 0 saturated heterocycles. The van der Waals surface area contributed by atoms with Gasteiger partial charge in [0.25, 0.3) is 0 Å². The lowest BCUT2D eigenvalue weighted by atomic mass is 10.1. The molecule has 1 heterocycles. The molecule has 0 radical (unpaired) electrons. The van der Waals surface area contributed by atoms with Crippen molar-refractivity contribution in [2.24, 2.45) is 0 Å². The molecular weight excluding hydrogens is 206 g/mol. The zero-order valence-electron chi connectivity index (χ0n) is 8.29. The van der Waals surface area contributed by atoms with E-state index in [1.807, 2.05) is 6.07 Å². The number of carboxylic acid groups (broad SMARTS) is 1. The van der Waals surface area contributed by atoms with E-state index >= 15 is 0 Å². The Hall–Kier alpha value is -2.36. The molecule has 0 aliphatic carbocycles. The molecule has 0 fully saturated rings. The number of rotatable bonds is 2. The SMILES string of the molecule is O=C(O)c1ccc(O)c(-c2ccccc2)n1. The largest absolute Gasteiger partial charge is 0.506 e. The number of hydrogen-bond acceptors (Lipinski definition) is 3. The molecule has 16 heavy (non-hydrogen) atoms. The van der Waals surface area contributed by atoms with E-state index in [0.29, 0.717) is 5.56 Å². The molecule has 0 spiro atoms. The van der Waals surface area contributed by atoms with Gasteiger partial charge in [0.1, 0.15) is 17.1 Å². The minimum absolute atomic E-state index is 0.0313. The Morgan fingerprint density at radius 2 is 1.75 bits per heavy atom. The summed E-state index contributed by atoms with van der Waals surface area (Å²) in [4.78, 5) is 14.6. The van der Waals surface area contributed by atoms with Crippen LogP contribution in [0.4, 0.5) is 0 Å². The van der Waals surface area contributed by atoms with Crippen molar-refractivity contribution in [1.29, 1.82) is 0 Å². The normalized spacial score (nSPS) is 10.0. The zero-order chi connectivity index (χ0) is 11.5. The summed E-state index contributed by atoms with van der Waals surface area (Å²) in [6, 6.07) is 11.5. The highest BCUT2D eigenvalue weighted by Gasteiger charge is 2.10. The quantitative estimate of drug-likeness (QED) is 0.805. The van der Waals surface area contributed by atoms with Gasteiger partial charge in [-0.15, -0.1) is 0 Å². The molecule has 0 saturated carbocycles. The number of aromatic nitrogens is 1. The van der Waals surface area contributed by atoms with E-state index in [-0.39, 0.29) is 17.1 Å². The van der Waals surface area contributed by atoms with Crippen molar-refractivity contribution in [3.63, 3.8) is 0 Å². The highest BCUT2D eigenvalue weighted by atomic mass is 16.4. The first-order valence-electron chi connectivity index (χ1n) is 4.67. The number of pyridine rings is 1. The van der Waals surface area contributed by atoms with Crippen molar-refractivity contribution in [1.82, 2.24) is 4.98 Å². The van der Waals surface area contributed by atoms with Gasteiger partial charge in [0, 0.05) is 5.56 Å². The van der Waals surface area contributed by atoms with Crippen molar-refractivity contribution < 1.29 is 15.0 Å². The van der Waals surface area contributed by atoms with Crippen molar-refractivity contribution >= 4 is 5.97 Å². The van der Waals surface area contributed by atoms with Crippen molar-refractivity contribution in [3.05, 3.63) is 48.2 Å². The lowest BCUT2D eigenvalue weighted by Crippen LogP contribution is -2.00. The molecule has 4 nitrogen and oxygen atoms in total. The zero-order valence-corrected chi connectivity index (χ0v) is 8.29. The van der Waals surface area contributed by atoms with Gasteiger partial charge in [-0.25, -0.2) is 9.78 Å². The highest BCUT2D eigenvalue weighted by Crippen LogP contribution is 2.26. The monoisotopic (exact) mass is 215 g/mol. The van der Waals surface area contributed by atoms with Crippen LogP contribution in [0.3, 0.4) is 0 Å². The lowest BCUT2D eigenvalue weighted by Gasteiger charge is -2.04. The van der Waals surface area contributed by atoms with Crippen molar-refractivity contribution in [2.75, 3.05) is 0 Å². The second-order valence-corrected chi connectivity index (χ2v) is 3.24. The number of carboxylic acids is 1. The van der Waals surface area contributed by atoms with Crippen LogP contribution < -0.4 is 0 Å². The maximum Gasteiger partial charge on any atom is 0.354 e. The number of hydrogen-bond donors (Lipinski definition) is 2. The van der Waals surface area contributed by atoms with Gasteiger partial charge < -0.3 is 10.2 Å². The maximum absolute atomic E-state index is 10.8. The second kappa shape index (κ2) is 4.02. The van der Waals surface area contributed by atoms with Gasteiger partial charge in [-0.2, -0.15) is 0 Å². The van der Waals surface area contributed by atoms with Crippen LogP contribution in [0.2, 0.25) is 0 Å². The molecule has 0 amide bonds. The number of aromatic carboxylic acids is 1. The van der Waals surface area contributed by atoms with Gasteiger partial charge >= 0.3 is 5.97 Å². The molecule has 4 heteroatoms. The van der Waals surface area contributed by atoms with E-state index in [1.165, 1.54) is 12.1 Å². The molecule has 2 aromatic rings. The van der Waals surface area contributed by atoms with E-state index in [4.69, 9.17) is 5.11 Å². The third-order valence-corrected chi connectivity index (χ3v) is 2.14. The fourth-order valence-electron chi connectivity index (χ4n) is 1.38.